The summed E-state index contributed by atoms with van der Waals surface area (Å²) < 4.78 is 5.41. The van der Waals surface area contributed by atoms with Gasteiger partial charge < -0.3 is 10.1 Å². The van der Waals surface area contributed by atoms with Gasteiger partial charge >= 0.3 is 5.97 Å². The number of carbonyl (C=O) groups is 2. The number of esters is 1. The van der Waals surface area contributed by atoms with Crippen molar-refractivity contribution < 1.29 is 14.3 Å². The number of amides is 1. The van der Waals surface area contributed by atoms with E-state index in [1.165, 1.54) is 0 Å². The lowest BCUT2D eigenvalue weighted by atomic mass is 10.0. The molecule has 1 atom stereocenters. The minimum atomic E-state index is -1.09. The highest BCUT2D eigenvalue weighted by Crippen LogP contribution is 2.13. The van der Waals surface area contributed by atoms with Crippen molar-refractivity contribution in [3.8, 4) is 5.75 Å². The van der Waals surface area contributed by atoms with Crippen LogP contribution in [0.3, 0.4) is 0 Å². The zero-order chi connectivity index (χ0) is 19.1. The van der Waals surface area contributed by atoms with E-state index < -0.39 is 17.9 Å². The van der Waals surface area contributed by atoms with Gasteiger partial charge in [-0.2, -0.15) is 0 Å². The summed E-state index contributed by atoms with van der Waals surface area (Å²) in [4.78, 5) is 25.6. The molecule has 134 valence electrons. The van der Waals surface area contributed by atoms with Crippen molar-refractivity contribution in [2.45, 2.75) is 6.04 Å². The molecule has 0 aliphatic rings. The number of ether oxygens (including phenoxy) is 1. The van der Waals surface area contributed by atoms with E-state index in [9.17, 15) is 9.59 Å². The van der Waals surface area contributed by atoms with Gasteiger partial charge in [-0.05, 0) is 29.8 Å². The molecule has 0 radical (unpaired) electrons. The van der Waals surface area contributed by atoms with Crippen LogP contribution >= 0.6 is 12.2 Å². The molecule has 0 aliphatic heterocycles. The monoisotopic (exact) mass is 375 g/mol. The molecule has 0 saturated carbocycles. The summed E-state index contributed by atoms with van der Waals surface area (Å²) in [7, 11) is 0. The van der Waals surface area contributed by atoms with Crippen LogP contribution in [0.2, 0.25) is 0 Å². The highest BCUT2D eigenvalue weighted by molar-refractivity contribution is 7.81. The number of rotatable bonds is 6. The largest absolute Gasteiger partial charge is 0.425 e. The van der Waals surface area contributed by atoms with E-state index in [1.54, 1.807) is 60.7 Å². The van der Waals surface area contributed by atoms with E-state index in [2.05, 4.69) is 5.32 Å². The predicted molar refractivity (Wildman–Crippen MR) is 108 cm³/mol. The fourth-order valence-corrected chi connectivity index (χ4v) is 2.76. The van der Waals surface area contributed by atoms with Gasteiger partial charge in [-0.25, -0.2) is 4.79 Å². The Morgan fingerprint density at radius 1 is 0.741 bits per heavy atom. The molecule has 0 unspecified atom stereocenters. The number of carbonyl (C=O) groups excluding carboxylic acids is 2. The Hall–Kier alpha value is -3.31. The normalized spacial score (nSPS) is 11.3. The zero-order valence-electron chi connectivity index (χ0n) is 14.4. The van der Waals surface area contributed by atoms with Crippen molar-refractivity contribution in [1.29, 1.82) is 0 Å². The molecule has 0 aliphatic carbocycles. The predicted octanol–water partition coefficient (Wildman–Crippen LogP) is 3.81. The quantitative estimate of drug-likeness (QED) is 0.308. The standard InChI is InChI=1S/C22H17NO3S/c24-21(17-12-6-2-7-13-17)23-19(20(27)16-10-4-1-5-11-16)22(25)26-18-14-8-3-9-15-18/h1-15,19H,(H,23,24)/t19-/m0/s1. The average molecular weight is 375 g/mol. The summed E-state index contributed by atoms with van der Waals surface area (Å²) in [5, 5.41) is 2.70. The Morgan fingerprint density at radius 3 is 1.78 bits per heavy atom. The molecule has 3 rings (SSSR count). The fraction of sp³-hybridized carbons (Fsp3) is 0.0455. The Labute approximate surface area is 162 Å². The minimum absolute atomic E-state index is 0.292. The highest BCUT2D eigenvalue weighted by atomic mass is 32.1. The molecular weight excluding hydrogens is 358 g/mol. The van der Waals surface area contributed by atoms with Crippen LogP contribution in [-0.2, 0) is 4.79 Å². The number of para-hydroxylation sites is 1. The number of hydrogen-bond donors (Lipinski definition) is 1. The molecule has 0 bridgehead atoms. The summed E-state index contributed by atoms with van der Waals surface area (Å²) in [5.74, 6) is -0.652. The van der Waals surface area contributed by atoms with E-state index in [4.69, 9.17) is 17.0 Å². The number of thiocarbonyl (C=S) groups is 1. The van der Waals surface area contributed by atoms with Gasteiger partial charge in [0.2, 0.25) is 0 Å². The van der Waals surface area contributed by atoms with E-state index in [1.807, 2.05) is 30.3 Å². The summed E-state index contributed by atoms with van der Waals surface area (Å²) in [6.07, 6.45) is 0. The fourth-order valence-electron chi connectivity index (χ4n) is 2.47. The zero-order valence-corrected chi connectivity index (χ0v) is 15.2. The molecular formula is C22H17NO3S. The first kappa shape index (κ1) is 18.5. The first-order chi connectivity index (χ1) is 13.1. The average Bonchev–Trinajstić information content (AvgIpc) is 2.73. The van der Waals surface area contributed by atoms with Crippen LogP contribution in [0.1, 0.15) is 15.9 Å². The third-order valence-corrected chi connectivity index (χ3v) is 4.30. The highest BCUT2D eigenvalue weighted by Gasteiger charge is 2.28. The Bertz CT molecular complexity index is 928. The summed E-state index contributed by atoms with van der Waals surface area (Å²) in [5.41, 5.74) is 1.11. The van der Waals surface area contributed by atoms with Gasteiger partial charge in [0.05, 0.1) is 4.86 Å². The number of nitrogens with one attached hydrogen (secondary N) is 1. The van der Waals surface area contributed by atoms with Crippen LogP contribution in [0.25, 0.3) is 0 Å². The van der Waals surface area contributed by atoms with Crippen molar-refractivity contribution in [2.75, 3.05) is 0 Å². The van der Waals surface area contributed by atoms with Crippen LogP contribution in [0.5, 0.6) is 5.75 Å². The Kier molecular flexibility index (Phi) is 6.07. The van der Waals surface area contributed by atoms with Crippen molar-refractivity contribution >= 4 is 29.0 Å². The first-order valence-corrected chi connectivity index (χ1v) is 8.78. The maximum atomic E-state index is 12.8. The molecule has 0 spiro atoms. The van der Waals surface area contributed by atoms with Crippen molar-refractivity contribution in [3.05, 3.63) is 102 Å². The first-order valence-electron chi connectivity index (χ1n) is 8.37. The maximum Gasteiger partial charge on any atom is 0.339 e. The van der Waals surface area contributed by atoms with Gasteiger partial charge in [0.25, 0.3) is 5.91 Å². The third kappa shape index (κ3) is 4.86. The molecule has 4 nitrogen and oxygen atoms in total. The van der Waals surface area contributed by atoms with E-state index in [0.717, 1.165) is 0 Å². The van der Waals surface area contributed by atoms with Crippen LogP contribution in [0.4, 0.5) is 0 Å². The summed E-state index contributed by atoms with van der Waals surface area (Å²) in [6, 6.07) is 25.3. The van der Waals surface area contributed by atoms with Gasteiger partial charge in [-0.3, -0.25) is 4.79 Å². The molecule has 0 saturated heterocycles. The SMILES string of the molecule is O=C(N[C@H](C(=O)Oc1ccccc1)C(=S)c1ccccc1)c1ccccc1. The van der Waals surface area contributed by atoms with Gasteiger partial charge in [-0.1, -0.05) is 78.9 Å². The van der Waals surface area contributed by atoms with Crippen LogP contribution < -0.4 is 10.1 Å². The Balaban J connectivity index is 1.85. The molecule has 3 aromatic rings. The molecule has 0 heterocycles. The molecule has 0 fully saturated rings. The van der Waals surface area contributed by atoms with Crippen LogP contribution in [-0.4, -0.2) is 22.8 Å². The van der Waals surface area contributed by atoms with Gasteiger partial charge in [-0.15, -0.1) is 0 Å². The van der Waals surface area contributed by atoms with Gasteiger partial charge in [0.1, 0.15) is 5.75 Å². The van der Waals surface area contributed by atoms with E-state index in [-0.39, 0.29) is 0 Å². The van der Waals surface area contributed by atoms with Crippen LogP contribution in [0, 0.1) is 0 Å². The molecule has 5 heteroatoms. The second-order valence-electron chi connectivity index (χ2n) is 5.74. The second kappa shape index (κ2) is 8.87. The molecule has 1 amide bonds. The smallest absolute Gasteiger partial charge is 0.339 e. The van der Waals surface area contributed by atoms with Gasteiger partial charge in [0.15, 0.2) is 6.04 Å². The number of hydrogen-bond acceptors (Lipinski definition) is 4. The lowest BCUT2D eigenvalue weighted by Gasteiger charge is -2.19. The van der Waals surface area contributed by atoms with Crippen molar-refractivity contribution in [1.82, 2.24) is 5.32 Å². The Morgan fingerprint density at radius 2 is 1.22 bits per heavy atom. The summed E-state index contributed by atoms with van der Waals surface area (Å²) >= 11 is 5.49. The molecule has 0 aromatic heterocycles. The third-order valence-electron chi connectivity index (χ3n) is 3.83. The maximum absolute atomic E-state index is 12.8. The second-order valence-corrected chi connectivity index (χ2v) is 6.18. The van der Waals surface area contributed by atoms with Crippen molar-refractivity contribution in [3.63, 3.8) is 0 Å². The molecule has 27 heavy (non-hydrogen) atoms. The van der Waals surface area contributed by atoms with E-state index in [0.29, 0.717) is 21.7 Å². The van der Waals surface area contributed by atoms with Crippen LogP contribution in [0.15, 0.2) is 91.0 Å². The lowest BCUT2D eigenvalue weighted by molar-refractivity contribution is -0.134. The lowest BCUT2D eigenvalue weighted by Crippen LogP contribution is -2.48. The number of benzene rings is 3. The molecule has 3 aromatic carbocycles. The minimum Gasteiger partial charge on any atom is -0.425 e. The van der Waals surface area contributed by atoms with Gasteiger partial charge in [0, 0.05) is 5.56 Å². The topological polar surface area (TPSA) is 55.4 Å². The van der Waals surface area contributed by atoms with E-state index >= 15 is 0 Å². The van der Waals surface area contributed by atoms with Crippen molar-refractivity contribution in [2.24, 2.45) is 0 Å². The molecule has 1 N–H and O–H groups in total. The summed E-state index contributed by atoms with van der Waals surface area (Å²) in [6.45, 7) is 0.